The fourth-order valence-corrected chi connectivity index (χ4v) is 13.5. The fraction of sp³-hybridized carbons (Fsp3) is 0.694. The molecule has 1 aromatic carbocycles. The van der Waals surface area contributed by atoms with Crippen LogP contribution in [0.1, 0.15) is 138 Å². The standard InChI is InChI=1S/C49H73N3O4/c1-12-14-34-29-48(27-28-52(10)43(50)33-15-17-36(55-11)18-16-33)25-21-40-47(9)23-19-37-32(5)38(56-35(13-2)30-45(6,7)44(53)54)20-24-46(37,8)39(47)22-26-49(40,51)42(48)41(34)31(3)4/h14-18,31-32,37-40,50H,2,12,19-30,51H2,1,3-11H3,(H,53,54)/b34-14-,50-43?. The summed E-state index contributed by atoms with van der Waals surface area (Å²) in [5.74, 6) is 3.44. The van der Waals surface area contributed by atoms with Crippen molar-refractivity contribution in [1.29, 1.82) is 5.41 Å². The van der Waals surface area contributed by atoms with Crippen LogP contribution in [0.5, 0.6) is 5.75 Å². The largest absolute Gasteiger partial charge is 0.497 e. The molecular formula is C49H73N3O4. The Morgan fingerprint density at radius 2 is 1.75 bits per heavy atom. The number of carbonyl (C=O) groups is 1. The van der Waals surface area contributed by atoms with Gasteiger partial charge in [-0.25, -0.2) is 0 Å². The predicted octanol–water partition coefficient (Wildman–Crippen LogP) is 10.9. The Balaban J connectivity index is 1.27. The molecule has 0 bridgehead atoms. The van der Waals surface area contributed by atoms with Crippen LogP contribution in [0.3, 0.4) is 0 Å². The highest BCUT2D eigenvalue weighted by atomic mass is 16.5. The zero-order chi connectivity index (χ0) is 41.0. The number of rotatable bonds is 12. The van der Waals surface area contributed by atoms with Crippen molar-refractivity contribution < 1.29 is 19.4 Å². The maximum absolute atomic E-state index is 11.9. The Kier molecular flexibility index (Phi) is 11.7. The lowest BCUT2D eigenvalue weighted by Crippen LogP contribution is -2.68. The summed E-state index contributed by atoms with van der Waals surface area (Å²) in [6.45, 7) is 22.9. The molecule has 5 aliphatic carbocycles. The van der Waals surface area contributed by atoms with Crippen molar-refractivity contribution in [3.8, 4) is 5.75 Å². The molecule has 4 saturated carbocycles. The summed E-state index contributed by atoms with van der Waals surface area (Å²) in [7, 11) is 3.76. The molecule has 4 N–H and O–H groups in total. The van der Waals surface area contributed by atoms with Crippen LogP contribution < -0.4 is 10.5 Å². The van der Waals surface area contributed by atoms with E-state index in [-0.39, 0.29) is 27.9 Å². The first-order valence-electron chi connectivity index (χ1n) is 21.8. The van der Waals surface area contributed by atoms with Gasteiger partial charge in [-0.05, 0) is 171 Å². The van der Waals surface area contributed by atoms with Gasteiger partial charge in [-0.15, -0.1) is 0 Å². The van der Waals surface area contributed by atoms with E-state index in [0.29, 0.717) is 47.6 Å². The molecule has 7 heteroatoms. The minimum atomic E-state index is -0.930. The Morgan fingerprint density at radius 3 is 2.36 bits per heavy atom. The highest BCUT2D eigenvalue weighted by Crippen LogP contribution is 2.73. The van der Waals surface area contributed by atoms with E-state index in [2.05, 4.69) is 71.9 Å². The van der Waals surface area contributed by atoms with E-state index in [0.717, 1.165) is 75.6 Å². The van der Waals surface area contributed by atoms with E-state index >= 15 is 0 Å². The molecule has 0 spiro atoms. The van der Waals surface area contributed by atoms with Crippen LogP contribution in [0.2, 0.25) is 0 Å². The molecule has 7 nitrogen and oxygen atoms in total. The smallest absolute Gasteiger partial charge is 0.309 e. The molecule has 9 unspecified atom stereocenters. The lowest BCUT2D eigenvalue weighted by molar-refractivity contribution is -0.185. The first kappa shape index (κ1) is 42.3. The number of amidine groups is 1. The number of carboxylic acids is 1. The molecule has 4 fully saturated rings. The van der Waals surface area contributed by atoms with Gasteiger partial charge in [-0.2, -0.15) is 0 Å². The summed E-state index contributed by atoms with van der Waals surface area (Å²) < 4.78 is 12.0. The topological polar surface area (TPSA) is 109 Å². The fourth-order valence-electron chi connectivity index (χ4n) is 13.5. The molecule has 5 aliphatic rings. The lowest BCUT2D eigenvalue weighted by atomic mass is 9.36. The number of benzene rings is 1. The van der Waals surface area contributed by atoms with Gasteiger partial charge in [0, 0.05) is 31.1 Å². The summed E-state index contributed by atoms with van der Waals surface area (Å²) in [6, 6.07) is 7.86. The van der Waals surface area contributed by atoms with Crippen molar-refractivity contribution in [3.05, 3.63) is 70.7 Å². The average Bonchev–Trinajstić information content (AvgIpc) is 3.49. The molecule has 6 rings (SSSR count). The molecular weight excluding hydrogens is 695 g/mol. The van der Waals surface area contributed by atoms with Gasteiger partial charge in [0.1, 0.15) is 23.4 Å². The van der Waals surface area contributed by atoms with Crippen LogP contribution in [0.15, 0.2) is 65.1 Å². The van der Waals surface area contributed by atoms with Gasteiger partial charge in [-0.1, -0.05) is 59.9 Å². The van der Waals surface area contributed by atoms with E-state index < -0.39 is 11.4 Å². The minimum Gasteiger partial charge on any atom is -0.497 e. The van der Waals surface area contributed by atoms with Gasteiger partial charge >= 0.3 is 5.97 Å². The summed E-state index contributed by atoms with van der Waals surface area (Å²) >= 11 is 0. The maximum atomic E-state index is 11.9. The zero-order valence-electron chi connectivity index (χ0n) is 36.4. The number of nitrogens with one attached hydrogen (secondary N) is 1. The Morgan fingerprint density at radius 1 is 1.09 bits per heavy atom. The highest BCUT2D eigenvalue weighted by Gasteiger charge is 2.68. The number of nitrogens with two attached hydrogens (primary N) is 1. The number of hydrogen-bond donors (Lipinski definition) is 3. The van der Waals surface area contributed by atoms with Crippen molar-refractivity contribution in [1.82, 2.24) is 4.90 Å². The lowest BCUT2D eigenvalue weighted by Gasteiger charge is -2.69. The molecule has 0 radical (unpaired) electrons. The second kappa shape index (κ2) is 15.5. The number of allylic oxidation sites excluding steroid dienone is 4. The molecule has 0 saturated heterocycles. The van der Waals surface area contributed by atoms with Crippen LogP contribution >= 0.6 is 0 Å². The van der Waals surface area contributed by atoms with Crippen LogP contribution in [-0.4, -0.2) is 54.2 Å². The Bertz CT molecular complexity index is 1790. The quantitative estimate of drug-likeness (QED) is 0.0846. The molecule has 308 valence electrons. The van der Waals surface area contributed by atoms with E-state index in [4.69, 9.17) is 20.6 Å². The van der Waals surface area contributed by atoms with E-state index in [1.807, 2.05) is 24.3 Å². The molecule has 0 heterocycles. The molecule has 0 amide bonds. The Hall–Kier alpha value is -3.28. The van der Waals surface area contributed by atoms with Gasteiger partial charge in [0.05, 0.1) is 12.5 Å². The van der Waals surface area contributed by atoms with E-state index in [9.17, 15) is 9.90 Å². The second-order valence-electron chi connectivity index (χ2n) is 20.2. The summed E-state index contributed by atoms with van der Waals surface area (Å²) in [5.41, 5.74) is 15.8. The van der Waals surface area contributed by atoms with Gasteiger partial charge < -0.3 is 25.2 Å². The van der Waals surface area contributed by atoms with Gasteiger partial charge in [0.15, 0.2) is 0 Å². The van der Waals surface area contributed by atoms with Crippen LogP contribution in [0.4, 0.5) is 0 Å². The van der Waals surface area contributed by atoms with Gasteiger partial charge in [0.2, 0.25) is 0 Å². The third-order valence-corrected chi connectivity index (χ3v) is 16.3. The van der Waals surface area contributed by atoms with Crippen molar-refractivity contribution in [2.45, 2.75) is 144 Å². The second-order valence-corrected chi connectivity index (χ2v) is 20.2. The molecule has 1 aromatic rings. The van der Waals surface area contributed by atoms with Crippen molar-refractivity contribution in [2.24, 2.45) is 57.0 Å². The summed E-state index contributed by atoms with van der Waals surface area (Å²) in [5, 5.41) is 18.9. The number of methoxy groups -OCH3 is 1. The minimum absolute atomic E-state index is 0.0140. The number of ether oxygens (including phenoxy) is 2. The predicted molar refractivity (Wildman–Crippen MR) is 228 cm³/mol. The molecule has 0 aromatic heterocycles. The number of carboxylic acid groups (broad SMARTS) is 1. The molecule has 9 atom stereocenters. The third kappa shape index (κ3) is 7.01. The third-order valence-electron chi connectivity index (χ3n) is 16.3. The first-order valence-corrected chi connectivity index (χ1v) is 21.8. The number of aliphatic carboxylic acids is 1. The Labute approximate surface area is 338 Å². The van der Waals surface area contributed by atoms with E-state index in [1.54, 1.807) is 32.1 Å². The SMILES string of the molecule is C=C=C(CC(C)(C)C(=O)O)OC1CCC2(C)C(CCC3(C)C4CCC5(CCN(C)C(=N)c6ccc(OC)cc6)C/C(=C/CC)C(C(C)C)=C5C4(N)CCC23)C1C. The monoisotopic (exact) mass is 768 g/mol. The first-order chi connectivity index (χ1) is 26.3. The number of hydrogen-bond acceptors (Lipinski definition) is 5. The van der Waals surface area contributed by atoms with Crippen molar-refractivity contribution in [3.63, 3.8) is 0 Å². The number of nitrogens with zero attached hydrogens (tertiary/aromatic N) is 1. The van der Waals surface area contributed by atoms with Gasteiger partial charge in [-0.3, -0.25) is 10.2 Å². The van der Waals surface area contributed by atoms with Crippen LogP contribution in [-0.2, 0) is 9.53 Å². The van der Waals surface area contributed by atoms with E-state index in [1.165, 1.54) is 18.4 Å². The molecule has 56 heavy (non-hydrogen) atoms. The normalized spacial score (nSPS) is 35.9. The average molecular weight is 768 g/mol. The van der Waals surface area contributed by atoms with Crippen molar-refractivity contribution in [2.75, 3.05) is 20.7 Å². The zero-order valence-corrected chi connectivity index (χ0v) is 36.4. The van der Waals surface area contributed by atoms with Crippen LogP contribution in [0, 0.1) is 56.7 Å². The highest BCUT2D eigenvalue weighted by molar-refractivity contribution is 5.96. The summed E-state index contributed by atoms with van der Waals surface area (Å²) in [6.07, 6.45) is 14.9. The molecule has 0 aliphatic heterocycles. The summed E-state index contributed by atoms with van der Waals surface area (Å²) in [4.78, 5) is 14.1. The van der Waals surface area contributed by atoms with Crippen molar-refractivity contribution >= 4 is 11.8 Å². The number of fused-ring (bicyclic) bond motifs is 7. The maximum Gasteiger partial charge on any atom is 0.309 e. The van der Waals surface area contributed by atoms with Crippen LogP contribution in [0.25, 0.3) is 0 Å². The van der Waals surface area contributed by atoms with Gasteiger partial charge in [0.25, 0.3) is 0 Å².